The first-order valence-corrected chi connectivity index (χ1v) is 8.76. The van der Waals surface area contributed by atoms with E-state index in [0.29, 0.717) is 35.2 Å². The van der Waals surface area contributed by atoms with Gasteiger partial charge in [-0.15, -0.1) is 0 Å². The summed E-state index contributed by atoms with van der Waals surface area (Å²) in [5.74, 6) is -0.198. The highest BCUT2D eigenvalue weighted by molar-refractivity contribution is 6.32. The summed E-state index contributed by atoms with van der Waals surface area (Å²) in [4.78, 5) is 12.7. The van der Waals surface area contributed by atoms with E-state index >= 15 is 0 Å². The van der Waals surface area contributed by atoms with E-state index in [4.69, 9.17) is 16.3 Å². The molecule has 6 heteroatoms. The van der Waals surface area contributed by atoms with Crippen molar-refractivity contribution in [2.45, 2.75) is 6.42 Å². The van der Waals surface area contributed by atoms with Crippen LogP contribution in [0.5, 0.6) is 0 Å². The average molecular weight is 370 g/mol. The van der Waals surface area contributed by atoms with Gasteiger partial charge in [0.15, 0.2) is 0 Å². The van der Waals surface area contributed by atoms with Gasteiger partial charge in [-0.3, -0.25) is 4.79 Å². The van der Waals surface area contributed by atoms with Gasteiger partial charge in [-0.2, -0.15) is 5.10 Å². The van der Waals surface area contributed by atoms with Gasteiger partial charge in [0.05, 0.1) is 16.4 Å². The van der Waals surface area contributed by atoms with Crippen molar-refractivity contribution in [1.82, 2.24) is 15.1 Å². The summed E-state index contributed by atoms with van der Waals surface area (Å²) in [5, 5.41) is 8.06. The third kappa shape index (κ3) is 4.12. The number of amides is 1. The second kappa shape index (κ2) is 8.65. The summed E-state index contributed by atoms with van der Waals surface area (Å²) in [6.07, 6.45) is 0.744. The Bertz CT molecular complexity index is 878. The molecule has 0 aliphatic heterocycles. The molecule has 1 aromatic heterocycles. The zero-order valence-corrected chi connectivity index (χ0v) is 15.2. The maximum absolute atomic E-state index is 12.7. The Balaban J connectivity index is 1.97. The summed E-state index contributed by atoms with van der Waals surface area (Å²) in [6.45, 7) is 1.13. The number of nitrogens with one attached hydrogen (secondary N) is 1. The maximum atomic E-state index is 12.7. The number of carbonyl (C=O) groups excluding carboxylic acids is 1. The maximum Gasteiger partial charge on any atom is 0.270 e. The van der Waals surface area contributed by atoms with Gasteiger partial charge in [0.25, 0.3) is 5.91 Å². The minimum absolute atomic E-state index is 0.198. The molecule has 0 saturated heterocycles. The molecule has 0 aliphatic carbocycles. The van der Waals surface area contributed by atoms with Gasteiger partial charge >= 0.3 is 0 Å². The summed E-state index contributed by atoms with van der Waals surface area (Å²) in [6, 6.07) is 18.8. The molecule has 1 N–H and O–H groups in total. The highest BCUT2D eigenvalue weighted by Gasteiger charge is 2.18. The number of methoxy groups -OCH3 is 1. The monoisotopic (exact) mass is 369 g/mol. The van der Waals surface area contributed by atoms with Gasteiger partial charge < -0.3 is 10.1 Å². The van der Waals surface area contributed by atoms with Crippen LogP contribution in [0, 0.1) is 0 Å². The molecule has 1 heterocycles. The number of carbonyl (C=O) groups is 1. The zero-order chi connectivity index (χ0) is 18.4. The fourth-order valence-electron chi connectivity index (χ4n) is 2.61. The molecule has 26 heavy (non-hydrogen) atoms. The first kappa shape index (κ1) is 18.2. The van der Waals surface area contributed by atoms with E-state index in [1.54, 1.807) is 23.9 Å². The molecule has 0 fully saturated rings. The number of para-hydroxylation sites is 1. The Hall–Kier alpha value is -2.63. The molecule has 2 aromatic carbocycles. The Labute approximate surface area is 157 Å². The van der Waals surface area contributed by atoms with E-state index in [-0.39, 0.29) is 5.91 Å². The second-order valence-corrected chi connectivity index (χ2v) is 6.15. The molecule has 1 amide bonds. The van der Waals surface area contributed by atoms with Crippen molar-refractivity contribution in [1.29, 1.82) is 0 Å². The fraction of sp³-hybridized carbons (Fsp3) is 0.200. The highest BCUT2D eigenvalue weighted by Crippen LogP contribution is 2.25. The fourth-order valence-corrected chi connectivity index (χ4v) is 2.82. The van der Waals surface area contributed by atoms with Crippen LogP contribution in [0.15, 0.2) is 60.7 Å². The number of hydrogen-bond donors (Lipinski definition) is 1. The lowest BCUT2D eigenvalue weighted by atomic mass is 10.1. The van der Waals surface area contributed by atoms with Crippen LogP contribution in [0.25, 0.3) is 16.9 Å². The van der Waals surface area contributed by atoms with Crippen LogP contribution in [0.1, 0.15) is 16.9 Å². The number of hydrogen-bond acceptors (Lipinski definition) is 3. The van der Waals surface area contributed by atoms with Crippen molar-refractivity contribution >= 4 is 17.5 Å². The van der Waals surface area contributed by atoms with Crippen LogP contribution < -0.4 is 5.32 Å². The van der Waals surface area contributed by atoms with Gasteiger partial charge in [-0.1, -0.05) is 54.1 Å². The average Bonchev–Trinajstić information content (AvgIpc) is 3.11. The molecule has 3 rings (SSSR count). The molecule has 0 unspecified atom stereocenters. The third-order valence-corrected chi connectivity index (χ3v) is 4.22. The molecule has 5 nitrogen and oxygen atoms in total. The number of benzene rings is 2. The van der Waals surface area contributed by atoms with E-state index in [9.17, 15) is 4.79 Å². The normalized spacial score (nSPS) is 10.7. The number of halogens is 1. The minimum atomic E-state index is -0.198. The lowest BCUT2D eigenvalue weighted by Gasteiger charge is -2.09. The number of nitrogens with zero attached hydrogens (tertiary/aromatic N) is 2. The van der Waals surface area contributed by atoms with Gasteiger partial charge in [-0.25, -0.2) is 4.68 Å². The van der Waals surface area contributed by atoms with Crippen molar-refractivity contribution in [3.05, 3.63) is 71.4 Å². The molecule has 0 atom stereocenters. The minimum Gasteiger partial charge on any atom is -0.385 e. The van der Waals surface area contributed by atoms with E-state index < -0.39 is 0 Å². The topological polar surface area (TPSA) is 56.1 Å². The predicted molar refractivity (Wildman–Crippen MR) is 103 cm³/mol. The van der Waals surface area contributed by atoms with E-state index in [0.717, 1.165) is 12.0 Å². The summed E-state index contributed by atoms with van der Waals surface area (Å²) >= 11 is 6.33. The molecule has 0 saturated carbocycles. The van der Waals surface area contributed by atoms with Gasteiger partial charge in [0, 0.05) is 25.8 Å². The predicted octanol–water partition coefficient (Wildman–Crippen LogP) is 3.96. The highest BCUT2D eigenvalue weighted by atomic mass is 35.5. The largest absolute Gasteiger partial charge is 0.385 e. The van der Waals surface area contributed by atoms with Gasteiger partial charge in [0.1, 0.15) is 5.69 Å². The molecule has 0 aliphatic rings. The molecule has 0 spiro atoms. The van der Waals surface area contributed by atoms with E-state index in [1.807, 2.05) is 48.5 Å². The second-order valence-electron chi connectivity index (χ2n) is 5.75. The summed E-state index contributed by atoms with van der Waals surface area (Å²) < 4.78 is 6.61. The van der Waals surface area contributed by atoms with Crippen LogP contribution in [-0.2, 0) is 4.74 Å². The Morgan fingerprint density at radius 1 is 1.15 bits per heavy atom. The van der Waals surface area contributed by atoms with Crippen molar-refractivity contribution in [2.24, 2.45) is 0 Å². The Morgan fingerprint density at radius 3 is 2.62 bits per heavy atom. The molecule has 0 radical (unpaired) electrons. The molecule has 0 bridgehead atoms. The smallest absolute Gasteiger partial charge is 0.270 e. The number of aromatic nitrogens is 2. The number of ether oxygens (including phenoxy) is 1. The van der Waals surface area contributed by atoms with Crippen molar-refractivity contribution < 1.29 is 9.53 Å². The lowest BCUT2D eigenvalue weighted by molar-refractivity contribution is 0.0941. The van der Waals surface area contributed by atoms with E-state index in [1.165, 1.54) is 0 Å². The molecular formula is C20H20ClN3O2. The lowest BCUT2D eigenvalue weighted by Crippen LogP contribution is -2.27. The third-order valence-electron chi connectivity index (χ3n) is 3.90. The zero-order valence-electron chi connectivity index (χ0n) is 14.5. The Morgan fingerprint density at radius 2 is 1.88 bits per heavy atom. The molecule has 3 aromatic rings. The van der Waals surface area contributed by atoms with Crippen LogP contribution in [0.4, 0.5) is 0 Å². The molecule has 134 valence electrons. The SMILES string of the molecule is COCCCNC(=O)c1cc(-c2ccccc2)nn1-c1ccccc1Cl. The summed E-state index contributed by atoms with van der Waals surface area (Å²) in [5.41, 5.74) is 2.76. The Kier molecular flexibility index (Phi) is 6.04. The first-order valence-electron chi connectivity index (χ1n) is 8.38. The van der Waals surface area contributed by atoms with Crippen LogP contribution in [0.2, 0.25) is 5.02 Å². The summed E-state index contributed by atoms with van der Waals surface area (Å²) in [7, 11) is 1.64. The number of rotatable bonds is 7. The first-order chi connectivity index (χ1) is 12.7. The van der Waals surface area contributed by atoms with E-state index in [2.05, 4.69) is 10.4 Å². The van der Waals surface area contributed by atoms with Gasteiger partial charge in [-0.05, 0) is 24.6 Å². The van der Waals surface area contributed by atoms with Crippen molar-refractivity contribution in [3.63, 3.8) is 0 Å². The van der Waals surface area contributed by atoms with Crippen LogP contribution in [-0.4, -0.2) is 35.9 Å². The van der Waals surface area contributed by atoms with Crippen LogP contribution >= 0.6 is 11.6 Å². The van der Waals surface area contributed by atoms with Crippen molar-refractivity contribution in [2.75, 3.05) is 20.3 Å². The standard InChI is InChI=1S/C20H20ClN3O2/c1-26-13-7-12-22-20(25)19-14-17(15-8-3-2-4-9-15)23-24(19)18-11-6-5-10-16(18)21/h2-6,8-11,14H,7,12-13H2,1H3,(H,22,25). The quantitative estimate of drug-likeness (QED) is 0.641. The van der Waals surface area contributed by atoms with Crippen molar-refractivity contribution in [3.8, 4) is 16.9 Å². The van der Waals surface area contributed by atoms with Crippen LogP contribution in [0.3, 0.4) is 0 Å². The molecular weight excluding hydrogens is 350 g/mol. The van der Waals surface area contributed by atoms with Gasteiger partial charge in [0.2, 0.25) is 0 Å².